The molecule has 0 atom stereocenters. The summed E-state index contributed by atoms with van der Waals surface area (Å²) in [6.45, 7) is 2.55. The molecule has 0 aliphatic carbocycles. The third-order valence-corrected chi connectivity index (χ3v) is 5.49. The summed E-state index contributed by atoms with van der Waals surface area (Å²) < 4.78 is 13.4. The van der Waals surface area contributed by atoms with Gasteiger partial charge in [-0.2, -0.15) is 0 Å². The van der Waals surface area contributed by atoms with Crippen molar-refractivity contribution in [2.45, 2.75) is 19.5 Å². The maximum Gasteiger partial charge on any atom is 0.159 e. The molecule has 0 saturated carbocycles. The molecule has 1 aliphatic rings. The van der Waals surface area contributed by atoms with Gasteiger partial charge in [0.05, 0.1) is 5.69 Å². The molecule has 0 radical (unpaired) electrons. The number of halogens is 2. The number of nitrogens with one attached hydrogen (secondary N) is 1. The van der Waals surface area contributed by atoms with Gasteiger partial charge in [0.25, 0.3) is 0 Å². The molecular formula is C22H18ClFN4. The molecule has 0 spiro atoms. The first-order chi connectivity index (χ1) is 13.7. The van der Waals surface area contributed by atoms with Crippen molar-refractivity contribution in [3.8, 4) is 11.4 Å². The first kappa shape index (κ1) is 17.3. The van der Waals surface area contributed by atoms with Crippen LogP contribution < -0.4 is 0 Å². The van der Waals surface area contributed by atoms with E-state index in [9.17, 15) is 4.39 Å². The lowest BCUT2D eigenvalue weighted by Crippen LogP contribution is -2.30. The van der Waals surface area contributed by atoms with E-state index in [4.69, 9.17) is 16.6 Å². The minimum atomic E-state index is -0.221. The van der Waals surface area contributed by atoms with Gasteiger partial charge >= 0.3 is 0 Å². The lowest BCUT2D eigenvalue weighted by molar-refractivity contribution is 0.244. The predicted molar refractivity (Wildman–Crippen MR) is 109 cm³/mol. The van der Waals surface area contributed by atoms with Crippen molar-refractivity contribution < 1.29 is 4.39 Å². The number of benzene rings is 2. The molecule has 28 heavy (non-hydrogen) atoms. The zero-order chi connectivity index (χ0) is 19.1. The van der Waals surface area contributed by atoms with E-state index in [1.807, 2.05) is 42.7 Å². The van der Waals surface area contributed by atoms with E-state index in [2.05, 4.69) is 14.9 Å². The second-order valence-corrected chi connectivity index (χ2v) is 7.57. The smallest absolute Gasteiger partial charge is 0.159 e. The molecule has 2 aromatic heterocycles. The Labute approximate surface area is 167 Å². The number of rotatable bonds is 3. The van der Waals surface area contributed by atoms with Crippen LogP contribution in [0.1, 0.15) is 16.8 Å². The topological polar surface area (TPSA) is 44.8 Å². The van der Waals surface area contributed by atoms with Crippen LogP contribution in [-0.2, 0) is 19.5 Å². The van der Waals surface area contributed by atoms with Crippen molar-refractivity contribution in [3.05, 3.63) is 82.5 Å². The summed E-state index contributed by atoms with van der Waals surface area (Å²) in [6.07, 6.45) is 4.79. The van der Waals surface area contributed by atoms with Gasteiger partial charge in [0.15, 0.2) is 5.82 Å². The Kier molecular flexibility index (Phi) is 4.34. The second-order valence-electron chi connectivity index (χ2n) is 7.14. The molecule has 0 amide bonds. The van der Waals surface area contributed by atoms with Crippen LogP contribution in [0.5, 0.6) is 0 Å². The minimum absolute atomic E-state index is 0.221. The fourth-order valence-electron chi connectivity index (χ4n) is 3.78. The lowest BCUT2D eigenvalue weighted by atomic mass is 10.1. The highest BCUT2D eigenvalue weighted by atomic mass is 35.5. The van der Waals surface area contributed by atoms with Crippen molar-refractivity contribution >= 4 is 22.5 Å². The van der Waals surface area contributed by atoms with Crippen molar-refractivity contribution in [3.63, 3.8) is 0 Å². The Balaban J connectivity index is 1.35. The maximum atomic E-state index is 13.4. The van der Waals surface area contributed by atoms with Gasteiger partial charge in [-0.15, -0.1) is 0 Å². The largest absolute Gasteiger partial charge is 0.361 e. The SMILES string of the molecule is Fc1ccc2c(CN3CCc4nc(-c5ccc(Cl)cc5)ncc4C3)c[nH]c2c1. The van der Waals surface area contributed by atoms with Gasteiger partial charge in [0.2, 0.25) is 0 Å². The standard InChI is InChI=1S/C22H18ClFN4/c23-17-3-1-14(2-4-17)22-26-11-16-13-28(8-7-20(16)27-22)12-15-10-25-21-9-18(24)5-6-19(15)21/h1-6,9-11,25H,7-8,12-13H2. The number of aromatic nitrogens is 3. The van der Waals surface area contributed by atoms with Gasteiger partial charge in [-0.05, 0) is 48.0 Å². The first-order valence-corrected chi connectivity index (χ1v) is 9.62. The molecule has 1 N–H and O–H groups in total. The summed E-state index contributed by atoms with van der Waals surface area (Å²) in [5.41, 5.74) is 5.26. The highest BCUT2D eigenvalue weighted by Crippen LogP contribution is 2.25. The van der Waals surface area contributed by atoms with Crippen molar-refractivity contribution in [1.29, 1.82) is 0 Å². The van der Waals surface area contributed by atoms with Crippen LogP contribution in [0.2, 0.25) is 5.02 Å². The number of nitrogens with zero attached hydrogens (tertiary/aromatic N) is 3. The molecule has 5 rings (SSSR count). The predicted octanol–water partition coefficient (Wildman–Crippen LogP) is 4.98. The summed E-state index contributed by atoms with van der Waals surface area (Å²) in [5, 5.41) is 1.78. The zero-order valence-electron chi connectivity index (χ0n) is 15.1. The van der Waals surface area contributed by atoms with Gasteiger partial charge in [-0.1, -0.05) is 11.6 Å². The van der Waals surface area contributed by atoms with Gasteiger partial charge in [-0.3, -0.25) is 4.90 Å². The van der Waals surface area contributed by atoms with E-state index < -0.39 is 0 Å². The van der Waals surface area contributed by atoms with Crippen molar-refractivity contribution in [1.82, 2.24) is 19.9 Å². The number of aromatic amines is 1. The highest BCUT2D eigenvalue weighted by Gasteiger charge is 2.20. The monoisotopic (exact) mass is 392 g/mol. The normalized spacial score (nSPS) is 14.4. The van der Waals surface area contributed by atoms with E-state index in [0.717, 1.165) is 59.6 Å². The molecule has 4 aromatic rings. The van der Waals surface area contributed by atoms with Gasteiger partial charge in [0.1, 0.15) is 5.82 Å². The maximum absolute atomic E-state index is 13.4. The third-order valence-electron chi connectivity index (χ3n) is 5.24. The lowest BCUT2D eigenvalue weighted by Gasteiger charge is -2.27. The molecule has 140 valence electrons. The van der Waals surface area contributed by atoms with Crippen LogP contribution in [0.3, 0.4) is 0 Å². The molecule has 0 bridgehead atoms. The van der Waals surface area contributed by atoms with Gasteiger partial charge in [-0.25, -0.2) is 14.4 Å². The van der Waals surface area contributed by atoms with E-state index in [1.54, 1.807) is 0 Å². The quantitative estimate of drug-likeness (QED) is 0.535. The molecule has 0 unspecified atom stereocenters. The average molecular weight is 393 g/mol. The van der Waals surface area contributed by atoms with Gasteiger partial charge in [0, 0.05) is 65.5 Å². The molecule has 2 aromatic carbocycles. The van der Waals surface area contributed by atoms with Crippen LogP contribution >= 0.6 is 11.6 Å². The molecule has 1 aliphatic heterocycles. The van der Waals surface area contributed by atoms with Crippen molar-refractivity contribution in [2.75, 3.05) is 6.54 Å². The van der Waals surface area contributed by atoms with Crippen LogP contribution in [0, 0.1) is 5.82 Å². The molecule has 0 saturated heterocycles. The minimum Gasteiger partial charge on any atom is -0.361 e. The van der Waals surface area contributed by atoms with E-state index in [0.29, 0.717) is 5.02 Å². The molecule has 4 nitrogen and oxygen atoms in total. The Morgan fingerprint density at radius 1 is 1.14 bits per heavy atom. The second kappa shape index (κ2) is 7.00. The van der Waals surface area contributed by atoms with E-state index >= 15 is 0 Å². The Morgan fingerprint density at radius 2 is 2.00 bits per heavy atom. The van der Waals surface area contributed by atoms with E-state index in [1.165, 1.54) is 17.7 Å². The fourth-order valence-corrected chi connectivity index (χ4v) is 3.90. The average Bonchev–Trinajstić information content (AvgIpc) is 3.10. The van der Waals surface area contributed by atoms with Crippen LogP contribution in [0.4, 0.5) is 4.39 Å². The summed E-state index contributed by atoms with van der Waals surface area (Å²) in [5.74, 6) is 0.518. The Morgan fingerprint density at radius 3 is 2.86 bits per heavy atom. The third kappa shape index (κ3) is 3.28. The number of hydrogen-bond donors (Lipinski definition) is 1. The molecule has 6 heteroatoms. The van der Waals surface area contributed by atoms with Crippen LogP contribution in [0.15, 0.2) is 54.9 Å². The summed E-state index contributed by atoms with van der Waals surface area (Å²) in [6, 6.07) is 12.5. The summed E-state index contributed by atoms with van der Waals surface area (Å²) in [4.78, 5) is 14.9. The van der Waals surface area contributed by atoms with Gasteiger partial charge < -0.3 is 4.98 Å². The highest BCUT2D eigenvalue weighted by molar-refractivity contribution is 6.30. The Hall–Kier alpha value is -2.76. The summed E-state index contributed by atoms with van der Waals surface area (Å²) in [7, 11) is 0. The van der Waals surface area contributed by atoms with E-state index in [-0.39, 0.29) is 5.82 Å². The number of hydrogen-bond acceptors (Lipinski definition) is 3. The summed E-state index contributed by atoms with van der Waals surface area (Å²) >= 11 is 5.97. The molecule has 0 fully saturated rings. The number of H-pyrrole nitrogens is 1. The Bertz CT molecular complexity index is 1150. The molecule has 3 heterocycles. The molecular weight excluding hydrogens is 375 g/mol. The first-order valence-electron chi connectivity index (χ1n) is 9.24. The fraction of sp³-hybridized carbons (Fsp3) is 0.182. The van der Waals surface area contributed by atoms with Crippen molar-refractivity contribution in [2.24, 2.45) is 0 Å². The zero-order valence-corrected chi connectivity index (χ0v) is 15.9. The number of fused-ring (bicyclic) bond motifs is 2. The van der Waals surface area contributed by atoms with Crippen LogP contribution in [-0.4, -0.2) is 26.4 Å². The van der Waals surface area contributed by atoms with Crippen LogP contribution in [0.25, 0.3) is 22.3 Å².